The van der Waals surface area contributed by atoms with Gasteiger partial charge < -0.3 is 18.9 Å². The lowest BCUT2D eigenvalue weighted by Crippen LogP contribution is -2.43. The van der Waals surface area contributed by atoms with Crippen LogP contribution < -0.4 is 15.0 Å². The Morgan fingerprint density at radius 1 is 1.06 bits per heavy atom. The first kappa shape index (κ1) is 35.9. The van der Waals surface area contributed by atoms with Crippen molar-refractivity contribution in [2.45, 2.75) is 86.4 Å². The largest absolute Gasteiger partial charge is 0.493 e. The van der Waals surface area contributed by atoms with E-state index in [2.05, 4.69) is 43.0 Å². The molecule has 1 aromatic heterocycles. The zero-order chi connectivity index (χ0) is 35.6. The number of methoxy groups -OCH3 is 1. The summed E-state index contributed by atoms with van der Waals surface area (Å²) in [7, 11) is 3.45. The van der Waals surface area contributed by atoms with E-state index in [0.717, 1.165) is 66.9 Å². The fourth-order valence-corrected chi connectivity index (χ4v) is 7.41. The van der Waals surface area contributed by atoms with E-state index in [1.807, 2.05) is 63.9 Å². The third-order valence-corrected chi connectivity index (χ3v) is 10.0. The summed E-state index contributed by atoms with van der Waals surface area (Å²) in [6, 6.07) is 14.6. The normalized spacial score (nSPS) is 17.5. The maximum atomic E-state index is 13.7. The highest BCUT2D eigenvalue weighted by Crippen LogP contribution is 2.39. The predicted octanol–water partition coefficient (Wildman–Crippen LogP) is 7.30. The second-order valence-electron chi connectivity index (χ2n) is 15.1. The Balaban J connectivity index is 1.26. The maximum absolute atomic E-state index is 13.7. The number of allylic oxidation sites excluding steroid dienone is 1. The zero-order valence-corrected chi connectivity index (χ0v) is 30.7. The number of piperidine rings is 1. The number of likely N-dealkylation sites (tertiary alicyclic amines) is 1. The summed E-state index contributed by atoms with van der Waals surface area (Å²) < 4.78 is 13.9. The first-order valence-electron chi connectivity index (χ1n) is 17.5. The van der Waals surface area contributed by atoms with Gasteiger partial charge in [-0.2, -0.15) is 5.26 Å². The Bertz CT molecular complexity index is 1830. The molecule has 2 aromatic carbocycles. The third-order valence-electron chi connectivity index (χ3n) is 10.0. The Morgan fingerprint density at radius 2 is 1.78 bits per heavy atom. The quantitative estimate of drug-likeness (QED) is 0.186. The van der Waals surface area contributed by atoms with Crippen molar-refractivity contribution in [3.05, 3.63) is 92.4 Å². The number of amides is 1. The highest BCUT2D eigenvalue weighted by Gasteiger charge is 2.36. The summed E-state index contributed by atoms with van der Waals surface area (Å²) >= 11 is 0. The number of ether oxygens (including phenoxy) is 2. The van der Waals surface area contributed by atoms with Gasteiger partial charge in [0.05, 0.1) is 13.2 Å². The first-order chi connectivity index (χ1) is 23.2. The summed E-state index contributed by atoms with van der Waals surface area (Å²) in [6.07, 6.45) is 6.37. The molecule has 1 fully saturated rings. The van der Waals surface area contributed by atoms with Crippen molar-refractivity contribution in [3.63, 3.8) is 0 Å². The van der Waals surface area contributed by atoms with Crippen LogP contribution in [-0.4, -0.2) is 53.1 Å². The van der Waals surface area contributed by atoms with Crippen LogP contribution in [0.1, 0.15) is 81.3 Å². The minimum absolute atomic E-state index is 0.0179. The highest BCUT2D eigenvalue weighted by atomic mass is 16.5. The van der Waals surface area contributed by atoms with E-state index in [9.17, 15) is 14.9 Å². The molecule has 1 amide bonds. The van der Waals surface area contributed by atoms with Gasteiger partial charge in [-0.25, -0.2) is 0 Å². The summed E-state index contributed by atoms with van der Waals surface area (Å²) in [5, 5.41) is 9.86. The van der Waals surface area contributed by atoms with Crippen molar-refractivity contribution in [2.24, 2.45) is 18.4 Å². The molecule has 5 rings (SSSR count). The van der Waals surface area contributed by atoms with Gasteiger partial charge in [0, 0.05) is 50.6 Å². The molecule has 1 atom stereocenters. The molecule has 2 aliphatic heterocycles. The van der Waals surface area contributed by atoms with Gasteiger partial charge in [0.15, 0.2) is 11.5 Å². The molecule has 3 heterocycles. The second-order valence-corrected chi connectivity index (χ2v) is 15.1. The molecule has 3 aromatic rings. The number of nitriles is 1. The van der Waals surface area contributed by atoms with E-state index in [-0.39, 0.29) is 40.5 Å². The average molecular weight is 665 g/mol. The van der Waals surface area contributed by atoms with Crippen LogP contribution in [0.15, 0.2) is 59.0 Å². The lowest BCUT2D eigenvalue weighted by atomic mass is 9.83. The van der Waals surface area contributed by atoms with Crippen LogP contribution in [0.25, 0.3) is 11.1 Å². The topological polar surface area (TPSA) is 87.8 Å². The Labute approximate surface area is 291 Å². The number of aromatic nitrogens is 1. The molecule has 260 valence electrons. The van der Waals surface area contributed by atoms with Gasteiger partial charge >= 0.3 is 0 Å². The monoisotopic (exact) mass is 664 g/mol. The molecule has 49 heavy (non-hydrogen) atoms. The van der Waals surface area contributed by atoms with Crippen LogP contribution in [0.3, 0.4) is 0 Å². The minimum atomic E-state index is -0.256. The molecule has 0 radical (unpaired) electrons. The molecule has 0 bridgehead atoms. The Morgan fingerprint density at radius 3 is 2.41 bits per heavy atom. The average Bonchev–Trinajstić information content (AvgIpc) is 3.07. The molecular weight excluding hydrogens is 612 g/mol. The molecule has 0 aliphatic carbocycles. The van der Waals surface area contributed by atoms with Crippen LogP contribution in [0.5, 0.6) is 11.5 Å². The zero-order valence-electron chi connectivity index (χ0n) is 30.7. The Kier molecular flexibility index (Phi) is 10.7. The van der Waals surface area contributed by atoms with Gasteiger partial charge in [0.2, 0.25) is 0 Å². The summed E-state index contributed by atoms with van der Waals surface area (Å²) in [6.45, 7) is 17.5. The van der Waals surface area contributed by atoms with E-state index in [0.29, 0.717) is 12.3 Å². The van der Waals surface area contributed by atoms with Gasteiger partial charge in [-0.15, -0.1) is 0 Å². The van der Waals surface area contributed by atoms with Crippen LogP contribution >= 0.6 is 0 Å². The van der Waals surface area contributed by atoms with Crippen molar-refractivity contribution in [3.8, 4) is 28.7 Å². The number of fused-ring (bicyclic) bond motifs is 1. The standard InChI is InChI=1S/C41H52N4O4/c1-26(2)38-34-12-10-11-30(33(34)17-20-45(38)40(47)31(23-42)22-41(5,6)7)24-44-18-15-32(16-19-44)49-36-14-13-29(21-37(36)48-9)35-25-43(8)39(46)28(4)27(35)3/h10-14,21-22,25-26,32,38H,15-20,24H2,1-9H3/b31-22-. The van der Waals surface area contributed by atoms with Crippen molar-refractivity contribution in [1.29, 1.82) is 5.26 Å². The maximum Gasteiger partial charge on any atom is 0.264 e. The van der Waals surface area contributed by atoms with E-state index >= 15 is 0 Å². The molecular formula is C41H52N4O4. The van der Waals surface area contributed by atoms with Crippen LogP contribution in [0.4, 0.5) is 0 Å². The molecule has 8 heteroatoms. The third kappa shape index (κ3) is 7.78. The van der Waals surface area contributed by atoms with Crippen LogP contribution in [0, 0.1) is 36.5 Å². The summed E-state index contributed by atoms with van der Waals surface area (Å²) in [5.74, 6) is 1.46. The second kappa shape index (κ2) is 14.6. The number of carbonyl (C=O) groups is 1. The molecule has 0 saturated carbocycles. The van der Waals surface area contributed by atoms with Crippen molar-refractivity contribution in [1.82, 2.24) is 14.4 Å². The van der Waals surface area contributed by atoms with Crippen LogP contribution in [-0.2, 0) is 24.8 Å². The van der Waals surface area contributed by atoms with E-state index < -0.39 is 0 Å². The predicted molar refractivity (Wildman–Crippen MR) is 195 cm³/mol. The number of hydrogen-bond donors (Lipinski definition) is 0. The lowest BCUT2D eigenvalue weighted by Gasteiger charge is -2.41. The summed E-state index contributed by atoms with van der Waals surface area (Å²) in [4.78, 5) is 30.5. The SMILES string of the molecule is COc1cc(-c2cn(C)c(=O)c(C)c2C)ccc1OC1CCN(Cc2cccc3c2CCN(C(=O)/C(C#N)=C\C(C)(C)C)C3C(C)C)CC1. The number of nitrogens with zero attached hydrogens (tertiary/aromatic N) is 4. The molecule has 0 spiro atoms. The van der Waals surface area contributed by atoms with Crippen molar-refractivity contribution < 1.29 is 14.3 Å². The van der Waals surface area contributed by atoms with E-state index in [4.69, 9.17) is 9.47 Å². The number of carbonyl (C=O) groups excluding carboxylic acids is 1. The number of pyridine rings is 1. The van der Waals surface area contributed by atoms with E-state index in [1.165, 1.54) is 16.7 Å². The van der Waals surface area contributed by atoms with Gasteiger partial charge in [-0.3, -0.25) is 14.5 Å². The number of aryl methyl sites for hydroxylation is 1. The number of benzene rings is 2. The lowest BCUT2D eigenvalue weighted by molar-refractivity contribution is -0.130. The minimum Gasteiger partial charge on any atom is -0.493 e. The summed E-state index contributed by atoms with van der Waals surface area (Å²) in [5.41, 5.74) is 7.57. The smallest absolute Gasteiger partial charge is 0.264 e. The molecule has 2 aliphatic rings. The molecule has 8 nitrogen and oxygen atoms in total. The van der Waals surface area contributed by atoms with Gasteiger partial charge in [0.25, 0.3) is 11.5 Å². The van der Waals surface area contributed by atoms with Gasteiger partial charge in [0.1, 0.15) is 17.7 Å². The van der Waals surface area contributed by atoms with Crippen LogP contribution in [0.2, 0.25) is 0 Å². The van der Waals surface area contributed by atoms with Crippen molar-refractivity contribution in [2.75, 3.05) is 26.7 Å². The fourth-order valence-electron chi connectivity index (χ4n) is 7.41. The molecule has 1 saturated heterocycles. The fraction of sp³-hybridized carbons (Fsp3) is 0.488. The van der Waals surface area contributed by atoms with Gasteiger partial charge in [-0.1, -0.05) is 65.0 Å². The number of hydrogen-bond acceptors (Lipinski definition) is 6. The van der Waals surface area contributed by atoms with Crippen molar-refractivity contribution >= 4 is 5.91 Å². The Hall–Kier alpha value is -4.35. The first-order valence-corrected chi connectivity index (χ1v) is 17.5. The molecule has 1 unspecified atom stereocenters. The van der Waals surface area contributed by atoms with Gasteiger partial charge in [-0.05, 0) is 84.4 Å². The number of rotatable bonds is 8. The highest BCUT2D eigenvalue weighted by molar-refractivity contribution is 5.97. The van der Waals surface area contributed by atoms with E-state index in [1.54, 1.807) is 24.8 Å². The molecule has 0 N–H and O–H groups in total.